The summed E-state index contributed by atoms with van der Waals surface area (Å²) in [7, 11) is 0. The first-order valence-electron chi connectivity index (χ1n) is 24.8. The maximum absolute atomic E-state index is 12.8. The number of esters is 3. The van der Waals surface area contributed by atoms with Crippen LogP contribution in [0.2, 0.25) is 0 Å². The fourth-order valence-electron chi connectivity index (χ4n) is 5.73. The second kappa shape index (κ2) is 51.4. The van der Waals surface area contributed by atoms with E-state index in [0.29, 0.717) is 19.3 Å². The molecule has 0 rings (SSSR count). The molecule has 6 heteroatoms. The van der Waals surface area contributed by atoms with Gasteiger partial charge in [0.1, 0.15) is 13.2 Å². The molecule has 0 aromatic rings. The highest BCUT2D eigenvalue weighted by atomic mass is 16.6. The molecule has 0 saturated carbocycles. The summed E-state index contributed by atoms with van der Waals surface area (Å²) in [4.78, 5) is 37.9. The predicted molar refractivity (Wildman–Crippen MR) is 278 cm³/mol. The first-order valence-corrected chi connectivity index (χ1v) is 24.8. The van der Waals surface area contributed by atoms with Gasteiger partial charge in [0, 0.05) is 19.3 Å². The molecule has 1 atom stereocenters. The third-order valence-corrected chi connectivity index (χ3v) is 9.41. The van der Waals surface area contributed by atoms with E-state index in [0.717, 1.165) is 96.3 Å². The van der Waals surface area contributed by atoms with Crippen molar-refractivity contribution in [3.8, 4) is 0 Å². The lowest BCUT2D eigenvalue weighted by atomic mass is 10.1. The number of hydrogen-bond donors (Lipinski definition) is 0. The van der Waals surface area contributed by atoms with Crippen LogP contribution < -0.4 is 0 Å². The minimum Gasteiger partial charge on any atom is -0.462 e. The fraction of sp³-hybridized carbons (Fsp3) is 0.475. The van der Waals surface area contributed by atoms with Crippen LogP contribution in [0, 0.1) is 0 Å². The molecule has 0 bridgehead atoms. The van der Waals surface area contributed by atoms with Crippen molar-refractivity contribution >= 4 is 17.9 Å². The van der Waals surface area contributed by atoms with Crippen LogP contribution in [0.25, 0.3) is 0 Å². The Balaban J connectivity index is 4.65. The summed E-state index contributed by atoms with van der Waals surface area (Å²) in [6.07, 6.45) is 76.2. The van der Waals surface area contributed by atoms with Gasteiger partial charge in [-0.25, -0.2) is 0 Å². The van der Waals surface area contributed by atoms with Crippen LogP contribution in [0.15, 0.2) is 170 Å². The molecule has 65 heavy (non-hydrogen) atoms. The van der Waals surface area contributed by atoms with Crippen molar-refractivity contribution in [1.82, 2.24) is 0 Å². The molecule has 0 aliphatic rings. The van der Waals surface area contributed by atoms with Crippen LogP contribution in [0.1, 0.15) is 162 Å². The molecule has 0 aliphatic carbocycles. The SMILES string of the molecule is CC\C=C/C=C\C=C/C=C\C=C\C=C/C=C\CCCCCC(=O)OCC(COC(=O)CCCCC/C=C\C=C/CCCC)OC(=O)CCC/C=C\C/C=C\C/C=C\C/C=C\C/C=C\CC. The number of hydrogen-bond acceptors (Lipinski definition) is 6. The summed E-state index contributed by atoms with van der Waals surface area (Å²) in [5.74, 6) is -1.09. The molecule has 0 radical (unpaired) electrons. The molecule has 0 amide bonds. The number of ether oxygens (including phenoxy) is 3. The summed E-state index contributed by atoms with van der Waals surface area (Å²) in [6.45, 7) is 6.17. The summed E-state index contributed by atoms with van der Waals surface area (Å²) >= 11 is 0. The van der Waals surface area contributed by atoms with Crippen LogP contribution in [0.4, 0.5) is 0 Å². The quantitative estimate of drug-likeness (QED) is 0.0200. The molecular weight excluding hydrogens is 805 g/mol. The van der Waals surface area contributed by atoms with Gasteiger partial charge in [0.2, 0.25) is 0 Å². The largest absolute Gasteiger partial charge is 0.462 e. The topological polar surface area (TPSA) is 78.9 Å². The van der Waals surface area contributed by atoms with E-state index in [1.165, 1.54) is 12.8 Å². The van der Waals surface area contributed by atoms with Gasteiger partial charge in [0.25, 0.3) is 0 Å². The Morgan fingerprint density at radius 3 is 1.14 bits per heavy atom. The third-order valence-electron chi connectivity index (χ3n) is 9.41. The number of carbonyl (C=O) groups is 3. The van der Waals surface area contributed by atoms with Crippen LogP contribution in [0.3, 0.4) is 0 Å². The van der Waals surface area contributed by atoms with E-state index in [4.69, 9.17) is 14.2 Å². The van der Waals surface area contributed by atoms with E-state index in [9.17, 15) is 14.4 Å². The van der Waals surface area contributed by atoms with Gasteiger partial charge in [-0.3, -0.25) is 14.4 Å². The van der Waals surface area contributed by atoms with E-state index < -0.39 is 12.1 Å². The Labute approximate surface area is 396 Å². The van der Waals surface area contributed by atoms with Gasteiger partial charge in [-0.15, -0.1) is 0 Å². The molecule has 6 nitrogen and oxygen atoms in total. The van der Waals surface area contributed by atoms with Crippen molar-refractivity contribution in [3.05, 3.63) is 170 Å². The molecule has 0 saturated heterocycles. The standard InChI is InChI=1S/C59H86O6/c1-4-7-10-13-16-19-22-24-26-28-29-31-32-34-37-40-43-46-49-52-58(61)64-55-56(54-63-57(60)51-48-45-42-39-36-21-18-15-12-9-6-3)65-59(62)53-50-47-44-41-38-35-33-30-27-25-23-20-17-14-11-8-5-2/h7-8,10-11,13,15-22,24-29,31-37,41,44,56H,4-6,9,12,14,23,30,38-40,42-43,45-55H2,1-3H3/b10-7-,11-8-,16-13-,18-15-,20-17-,22-19-,26-24-,27-25-,29-28+,32-31-,35-33-,36-21-,37-34-,44-41-. The van der Waals surface area contributed by atoms with Gasteiger partial charge in [0.15, 0.2) is 6.10 Å². The van der Waals surface area contributed by atoms with Gasteiger partial charge >= 0.3 is 17.9 Å². The van der Waals surface area contributed by atoms with Crippen molar-refractivity contribution in [2.24, 2.45) is 0 Å². The smallest absolute Gasteiger partial charge is 0.306 e. The molecule has 1 unspecified atom stereocenters. The Morgan fingerprint density at radius 2 is 0.692 bits per heavy atom. The zero-order valence-corrected chi connectivity index (χ0v) is 40.7. The van der Waals surface area contributed by atoms with Crippen LogP contribution in [0.5, 0.6) is 0 Å². The van der Waals surface area contributed by atoms with E-state index in [2.05, 4.69) is 118 Å². The number of carbonyl (C=O) groups excluding carboxylic acids is 3. The van der Waals surface area contributed by atoms with Gasteiger partial charge in [-0.05, 0) is 96.3 Å². The highest BCUT2D eigenvalue weighted by Crippen LogP contribution is 2.10. The summed E-state index contributed by atoms with van der Waals surface area (Å²) in [5.41, 5.74) is 0. The highest BCUT2D eigenvalue weighted by molar-refractivity contribution is 5.71. The van der Waals surface area contributed by atoms with E-state index in [1.54, 1.807) is 0 Å². The van der Waals surface area contributed by atoms with Gasteiger partial charge in [-0.2, -0.15) is 0 Å². The molecule has 358 valence electrons. The molecule has 0 spiro atoms. The summed E-state index contributed by atoms with van der Waals surface area (Å²) in [5, 5.41) is 0. The predicted octanol–water partition coefficient (Wildman–Crippen LogP) is 16.4. The second-order valence-electron chi connectivity index (χ2n) is 15.5. The number of unbranched alkanes of at least 4 members (excludes halogenated alkanes) is 9. The van der Waals surface area contributed by atoms with Crippen molar-refractivity contribution in [2.45, 2.75) is 168 Å². The average Bonchev–Trinajstić information content (AvgIpc) is 3.30. The van der Waals surface area contributed by atoms with Crippen molar-refractivity contribution < 1.29 is 28.6 Å². The highest BCUT2D eigenvalue weighted by Gasteiger charge is 2.19. The molecule has 0 heterocycles. The summed E-state index contributed by atoms with van der Waals surface area (Å²) < 4.78 is 16.6. The molecule has 0 aliphatic heterocycles. The van der Waals surface area contributed by atoms with Crippen molar-refractivity contribution in [2.75, 3.05) is 13.2 Å². The lowest BCUT2D eigenvalue weighted by Gasteiger charge is -2.18. The zero-order chi connectivity index (χ0) is 47.2. The lowest BCUT2D eigenvalue weighted by molar-refractivity contribution is -0.167. The Hall–Kier alpha value is -5.23. The van der Waals surface area contributed by atoms with Gasteiger partial charge in [0.05, 0.1) is 0 Å². The number of allylic oxidation sites excluding steroid dienone is 28. The Morgan fingerprint density at radius 1 is 0.338 bits per heavy atom. The van der Waals surface area contributed by atoms with E-state index in [1.807, 2.05) is 72.9 Å². The van der Waals surface area contributed by atoms with E-state index >= 15 is 0 Å². The minimum atomic E-state index is -0.846. The number of rotatable bonds is 41. The zero-order valence-electron chi connectivity index (χ0n) is 40.7. The molecule has 0 N–H and O–H groups in total. The molecule has 0 aromatic carbocycles. The van der Waals surface area contributed by atoms with Crippen LogP contribution in [-0.2, 0) is 28.6 Å². The molecular formula is C59H86O6. The first kappa shape index (κ1) is 59.8. The monoisotopic (exact) mass is 891 g/mol. The average molecular weight is 891 g/mol. The van der Waals surface area contributed by atoms with Gasteiger partial charge in [-0.1, -0.05) is 217 Å². The minimum absolute atomic E-state index is 0.139. The first-order chi connectivity index (χ1) is 32.0. The van der Waals surface area contributed by atoms with Crippen LogP contribution in [-0.4, -0.2) is 37.2 Å². The maximum Gasteiger partial charge on any atom is 0.306 e. The molecule has 0 fully saturated rings. The summed E-state index contributed by atoms with van der Waals surface area (Å²) in [6, 6.07) is 0. The Kier molecular flexibility index (Phi) is 47.3. The van der Waals surface area contributed by atoms with Gasteiger partial charge < -0.3 is 14.2 Å². The van der Waals surface area contributed by atoms with E-state index in [-0.39, 0.29) is 38.0 Å². The van der Waals surface area contributed by atoms with Crippen molar-refractivity contribution in [3.63, 3.8) is 0 Å². The molecule has 0 aromatic heterocycles. The Bertz CT molecular complexity index is 1590. The van der Waals surface area contributed by atoms with Crippen LogP contribution >= 0.6 is 0 Å². The second-order valence-corrected chi connectivity index (χ2v) is 15.5. The lowest BCUT2D eigenvalue weighted by Crippen LogP contribution is -2.30. The fourth-order valence-corrected chi connectivity index (χ4v) is 5.73. The maximum atomic E-state index is 12.8. The van der Waals surface area contributed by atoms with Crippen molar-refractivity contribution in [1.29, 1.82) is 0 Å². The normalized spacial score (nSPS) is 13.6. The third kappa shape index (κ3) is 49.6.